The van der Waals surface area contributed by atoms with Gasteiger partial charge in [0.2, 0.25) is 0 Å². The van der Waals surface area contributed by atoms with Crippen LogP contribution >= 0.6 is 0 Å². The maximum absolute atomic E-state index is 9.55. The Bertz CT molecular complexity index is 996. The van der Waals surface area contributed by atoms with Crippen LogP contribution in [0.2, 0.25) is 0 Å². The highest BCUT2D eigenvalue weighted by Gasteiger charge is 2.28. The third kappa shape index (κ3) is 16.9. The average Bonchev–Trinajstić information content (AvgIpc) is 3.39. The van der Waals surface area contributed by atoms with Crippen molar-refractivity contribution < 1.29 is 39.6 Å². The molecular weight excluding hydrogens is 572 g/mol. The molecule has 0 aromatic rings. The summed E-state index contributed by atoms with van der Waals surface area (Å²) >= 11 is 0. The van der Waals surface area contributed by atoms with Crippen LogP contribution in [0.15, 0.2) is 35.7 Å². The van der Waals surface area contributed by atoms with Crippen LogP contribution in [-0.4, -0.2) is 117 Å². The topological polar surface area (TPSA) is 219 Å². The summed E-state index contributed by atoms with van der Waals surface area (Å²) in [7, 11) is 0. The number of allylic oxidation sites excluding steroid dienone is 1. The van der Waals surface area contributed by atoms with Gasteiger partial charge in [0.1, 0.15) is 18.0 Å². The first-order chi connectivity index (χ1) is 21.1. The lowest BCUT2D eigenvalue weighted by molar-refractivity contribution is -0.134. The van der Waals surface area contributed by atoms with Crippen LogP contribution in [0.4, 0.5) is 0 Å². The Labute approximate surface area is 258 Å². The van der Waals surface area contributed by atoms with E-state index in [1.807, 2.05) is 0 Å². The van der Waals surface area contributed by atoms with Crippen molar-refractivity contribution in [3.63, 3.8) is 0 Å². The van der Waals surface area contributed by atoms with Crippen molar-refractivity contribution in [3.8, 4) is 12.1 Å². The van der Waals surface area contributed by atoms with Gasteiger partial charge in [-0.15, -0.1) is 0 Å². The number of nitriles is 2. The lowest BCUT2D eigenvalue weighted by atomic mass is 9.95. The summed E-state index contributed by atoms with van der Waals surface area (Å²) in [6.45, 7) is 8.16. The maximum atomic E-state index is 9.55. The highest BCUT2D eigenvalue weighted by atomic mass is 16.4. The van der Waals surface area contributed by atoms with E-state index in [9.17, 15) is 29.7 Å². The summed E-state index contributed by atoms with van der Waals surface area (Å²) in [5.41, 5.74) is 0.271. The van der Waals surface area contributed by atoms with Gasteiger partial charge in [-0.2, -0.15) is 10.5 Å². The zero-order valence-electron chi connectivity index (χ0n) is 25.1. The van der Waals surface area contributed by atoms with E-state index < -0.39 is 23.9 Å². The average molecular weight is 617 g/mol. The molecule has 0 aromatic heterocycles. The quantitative estimate of drug-likeness (QED) is 0.157. The molecule has 14 nitrogen and oxygen atoms in total. The van der Waals surface area contributed by atoms with Crippen molar-refractivity contribution >= 4 is 23.9 Å². The summed E-state index contributed by atoms with van der Waals surface area (Å²) in [5, 5.41) is 53.9. The molecule has 1 aliphatic carbocycles. The Morgan fingerprint density at radius 1 is 0.682 bits per heavy atom. The van der Waals surface area contributed by atoms with Crippen molar-refractivity contribution in [2.75, 3.05) is 52.4 Å². The number of hydrogen-bond donors (Lipinski definition) is 5. The highest BCUT2D eigenvalue weighted by molar-refractivity contribution is 5.90. The predicted octanol–water partition coefficient (Wildman–Crippen LogP) is 2.08. The normalized spacial score (nSPS) is 17.2. The van der Waals surface area contributed by atoms with E-state index in [0.29, 0.717) is 30.3 Å². The van der Waals surface area contributed by atoms with E-state index in [2.05, 4.69) is 32.2 Å². The van der Waals surface area contributed by atoms with Crippen molar-refractivity contribution in [1.82, 2.24) is 20.0 Å². The Morgan fingerprint density at radius 2 is 1.14 bits per heavy atom. The molecule has 44 heavy (non-hydrogen) atoms. The molecule has 3 rings (SSSR count). The first-order valence-corrected chi connectivity index (χ1v) is 14.8. The van der Waals surface area contributed by atoms with Gasteiger partial charge in [-0.3, -0.25) is 0 Å². The number of piperidine rings is 1. The summed E-state index contributed by atoms with van der Waals surface area (Å²) in [6, 6.07) is 4.92. The van der Waals surface area contributed by atoms with Crippen molar-refractivity contribution in [2.45, 2.75) is 63.8 Å². The largest absolute Gasteiger partial charge is 0.478 e. The standard InChI is InChI=1S/C22H36N6.2C4H4O4/c23-18-20(19-24)22-27(14-7-13-26-11-5-2-6-12-26)16-17-28(22)15-10-25-21-8-3-1-4-9-21;2*5-3(6)1-2-4(7)8/h21,25H,1-17H2;2*1-2H,(H,5,6)(H,7,8). The van der Waals surface area contributed by atoms with Crippen LogP contribution in [-0.2, 0) is 19.2 Å². The molecule has 1 saturated carbocycles. The van der Waals surface area contributed by atoms with Gasteiger partial charge in [0.15, 0.2) is 5.57 Å². The van der Waals surface area contributed by atoms with E-state index in [4.69, 9.17) is 20.4 Å². The fourth-order valence-corrected chi connectivity index (χ4v) is 5.19. The van der Waals surface area contributed by atoms with Crippen LogP contribution < -0.4 is 5.32 Å². The fraction of sp³-hybridized carbons (Fsp3) is 0.600. The van der Waals surface area contributed by atoms with Gasteiger partial charge in [-0.1, -0.05) is 25.7 Å². The SMILES string of the molecule is N#CC(C#N)=C1N(CCCN2CCCCC2)CCN1CCNC1CCCCC1.O=C(O)C=CC(=O)O.O=C(O)C=CC(=O)O. The lowest BCUT2D eigenvalue weighted by Gasteiger charge is -2.29. The Balaban J connectivity index is 0.000000498. The molecular formula is C30H44N6O8. The van der Waals surface area contributed by atoms with Gasteiger partial charge in [-0.25, -0.2) is 19.2 Å². The third-order valence-electron chi connectivity index (χ3n) is 7.19. The Kier molecular flexibility index (Phi) is 19.0. The molecule has 2 heterocycles. The molecule has 0 bridgehead atoms. The summed E-state index contributed by atoms with van der Waals surface area (Å²) in [6.07, 6.45) is 14.0. The molecule has 242 valence electrons. The van der Waals surface area contributed by atoms with Gasteiger partial charge < -0.3 is 40.4 Å². The van der Waals surface area contributed by atoms with Gasteiger partial charge in [0.05, 0.1) is 0 Å². The summed E-state index contributed by atoms with van der Waals surface area (Å²) < 4.78 is 0. The molecule has 0 amide bonds. The van der Waals surface area contributed by atoms with Crippen LogP contribution in [0.1, 0.15) is 57.8 Å². The van der Waals surface area contributed by atoms with E-state index in [-0.39, 0.29) is 5.57 Å². The van der Waals surface area contributed by atoms with E-state index in [0.717, 1.165) is 51.5 Å². The molecule has 2 aliphatic heterocycles. The number of carboxylic acid groups (broad SMARTS) is 4. The number of likely N-dealkylation sites (tertiary alicyclic amines) is 1. The number of carboxylic acids is 4. The second-order valence-corrected chi connectivity index (χ2v) is 10.5. The first kappa shape index (κ1) is 37.6. The minimum absolute atomic E-state index is 0.271. The zero-order chi connectivity index (χ0) is 32.7. The number of aliphatic carboxylic acids is 4. The second kappa shape index (κ2) is 22.2. The smallest absolute Gasteiger partial charge is 0.328 e. The van der Waals surface area contributed by atoms with Crippen LogP contribution in [0.25, 0.3) is 0 Å². The van der Waals surface area contributed by atoms with Crippen molar-refractivity contribution in [1.29, 1.82) is 10.5 Å². The number of rotatable bonds is 12. The van der Waals surface area contributed by atoms with Crippen LogP contribution in [0.5, 0.6) is 0 Å². The molecule has 0 radical (unpaired) electrons. The zero-order valence-corrected chi connectivity index (χ0v) is 25.1. The number of nitrogens with zero attached hydrogens (tertiary/aromatic N) is 5. The third-order valence-corrected chi connectivity index (χ3v) is 7.19. The number of hydrogen-bond acceptors (Lipinski definition) is 10. The number of nitrogens with one attached hydrogen (secondary N) is 1. The minimum atomic E-state index is -1.26. The minimum Gasteiger partial charge on any atom is -0.478 e. The predicted molar refractivity (Wildman–Crippen MR) is 160 cm³/mol. The highest BCUT2D eigenvalue weighted by Crippen LogP contribution is 2.23. The van der Waals surface area contributed by atoms with Gasteiger partial charge in [0.25, 0.3) is 0 Å². The first-order valence-electron chi connectivity index (χ1n) is 14.8. The summed E-state index contributed by atoms with van der Waals surface area (Å²) in [5.74, 6) is -4.16. The van der Waals surface area contributed by atoms with Crippen LogP contribution in [0, 0.1) is 22.7 Å². The van der Waals surface area contributed by atoms with Gasteiger partial charge in [0, 0.05) is 63.1 Å². The Morgan fingerprint density at radius 3 is 1.59 bits per heavy atom. The number of carbonyl (C=O) groups is 4. The van der Waals surface area contributed by atoms with Gasteiger partial charge >= 0.3 is 23.9 Å². The fourth-order valence-electron chi connectivity index (χ4n) is 5.19. The summed E-state index contributed by atoms with van der Waals surface area (Å²) in [4.78, 5) is 45.3. The maximum Gasteiger partial charge on any atom is 0.328 e. The molecule has 0 atom stereocenters. The molecule has 3 aliphatic rings. The molecule has 0 spiro atoms. The molecule has 14 heteroatoms. The Hall–Kier alpha value is -4.40. The lowest BCUT2D eigenvalue weighted by Crippen LogP contribution is -2.38. The van der Waals surface area contributed by atoms with E-state index >= 15 is 0 Å². The second-order valence-electron chi connectivity index (χ2n) is 10.5. The van der Waals surface area contributed by atoms with E-state index in [1.165, 1.54) is 64.5 Å². The van der Waals surface area contributed by atoms with Gasteiger partial charge in [-0.05, 0) is 51.7 Å². The molecule has 3 fully saturated rings. The van der Waals surface area contributed by atoms with Crippen molar-refractivity contribution in [3.05, 3.63) is 35.7 Å². The molecule has 2 saturated heterocycles. The molecule has 0 aromatic carbocycles. The molecule has 5 N–H and O–H groups in total. The molecule has 0 unspecified atom stereocenters. The monoisotopic (exact) mass is 616 g/mol. The van der Waals surface area contributed by atoms with Crippen molar-refractivity contribution in [2.24, 2.45) is 0 Å². The van der Waals surface area contributed by atoms with E-state index in [1.54, 1.807) is 0 Å². The van der Waals surface area contributed by atoms with Crippen LogP contribution in [0.3, 0.4) is 0 Å².